The molecule has 0 aliphatic heterocycles. The average molecular weight is 216 g/mol. The smallest absolute Gasteiger partial charge is 0.336 e. The number of carbonyl (C=O) groups is 1. The van der Waals surface area contributed by atoms with Crippen LogP contribution in [0.15, 0.2) is 0 Å². The Morgan fingerprint density at radius 3 is 2.53 bits per heavy atom. The molecule has 3 unspecified atom stereocenters. The van der Waals surface area contributed by atoms with E-state index in [1.165, 1.54) is 0 Å². The molecule has 0 aromatic heterocycles. The Balaban J connectivity index is 2.85. The van der Waals surface area contributed by atoms with Crippen LogP contribution in [0.25, 0.3) is 0 Å². The molecule has 15 heavy (non-hydrogen) atoms. The first-order valence-corrected chi connectivity index (χ1v) is 5.54. The van der Waals surface area contributed by atoms with Gasteiger partial charge in [0.1, 0.15) is 0 Å². The van der Waals surface area contributed by atoms with Gasteiger partial charge in [-0.1, -0.05) is 19.8 Å². The van der Waals surface area contributed by atoms with Crippen LogP contribution < -0.4 is 0 Å². The number of ether oxygens (including phenoxy) is 1. The fourth-order valence-electron chi connectivity index (χ4n) is 2.50. The summed E-state index contributed by atoms with van der Waals surface area (Å²) in [6.45, 7) is 1.70. The molecule has 0 spiro atoms. The normalized spacial score (nSPS) is 30.9. The van der Waals surface area contributed by atoms with E-state index in [9.17, 15) is 9.90 Å². The van der Waals surface area contributed by atoms with Gasteiger partial charge in [-0.25, -0.2) is 4.79 Å². The minimum absolute atomic E-state index is 0.125. The Hall–Kier alpha value is -0.610. The van der Waals surface area contributed by atoms with Crippen LogP contribution in [0.4, 0.5) is 0 Å². The molecule has 4 nitrogen and oxygen atoms in total. The van der Waals surface area contributed by atoms with Crippen molar-refractivity contribution in [3.05, 3.63) is 0 Å². The minimum Gasteiger partial charge on any atom is -0.479 e. The van der Waals surface area contributed by atoms with Gasteiger partial charge < -0.3 is 14.9 Å². The quantitative estimate of drug-likeness (QED) is 0.745. The Labute approximate surface area is 90.2 Å². The largest absolute Gasteiger partial charge is 0.479 e. The zero-order valence-electron chi connectivity index (χ0n) is 9.40. The minimum atomic E-state index is -1.62. The molecule has 0 radical (unpaired) electrons. The molecule has 0 aromatic carbocycles. The molecular formula is C11H20O4. The monoisotopic (exact) mass is 216 g/mol. The summed E-state index contributed by atoms with van der Waals surface area (Å²) in [7, 11) is 1.58. The summed E-state index contributed by atoms with van der Waals surface area (Å²) in [5, 5.41) is 19.2. The van der Waals surface area contributed by atoms with Crippen molar-refractivity contribution in [2.75, 3.05) is 7.11 Å². The molecule has 3 atom stereocenters. The van der Waals surface area contributed by atoms with Gasteiger partial charge in [0.05, 0.1) is 6.10 Å². The van der Waals surface area contributed by atoms with E-state index in [1.54, 1.807) is 14.0 Å². The SMILES string of the molecule is CCC(O)(C(=O)O)C1CCCCC1OC. The van der Waals surface area contributed by atoms with E-state index in [-0.39, 0.29) is 18.4 Å². The number of aliphatic carboxylic acids is 1. The second kappa shape index (κ2) is 4.94. The van der Waals surface area contributed by atoms with Crippen molar-refractivity contribution in [3.8, 4) is 0 Å². The van der Waals surface area contributed by atoms with Crippen molar-refractivity contribution in [3.63, 3.8) is 0 Å². The molecule has 0 saturated heterocycles. The average Bonchev–Trinajstić information content (AvgIpc) is 2.27. The van der Waals surface area contributed by atoms with Gasteiger partial charge >= 0.3 is 5.97 Å². The maximum Gasteiger partial charge on any atom is 0.336 e. The molecule has 1 fully saturated rings. The fourth-order valence-corrected chi connectivity index (χ4v) is 2.50. The van der Waals surface area contributed by atoms with Crippen LogP contribution >= 0.6 is 0 Å². The van der Waals surface area contributed by atoms with E-state index in [0.717, 1.165) is 25.7 Å². The van der Waals surface area contributed by atoms with E-state index in [1.807, 2.05) is 0 Å². The maximum absolute atomic E-state index is 11.1. The molecule has 1 rings (SSSR count). The van der Waals surface area contributed by atoms with Crippen molar-refractivity contribution in [2.45, 2.75) is 50.7 Å². The van der Waals surface area contributed by atoms with Crippen molar-refractivity contribution in [2.24, 2.45) is 5.92 Å². The van der Waals surface area contributed by atoms with Gasteiger partial charge in [-0.15, -0.1) is 0 Å². The van der Waals surface area contributed by atoms with Crippen LogP contribution in [-0.2, 0) is 9.53 Å². The molecule has 4 heteroatoms. The second-order valence-electron chi connectivity index (χ2n) is 4.25. The van der Waals surface area contributed by atoms with Crippen molar-refractivity contribution in [1.82, 2.24) is 0 Å². The van der Waals surface area contributed by atoms with Gasteiger partial charge in [0.2, 0.25) is 0 Å². The molecular weight excluding hydrogens is 196 g/mol. The van der Waals surface area contributed by atoms with E-state index in [4.69, 9.17) is 9.84 Å². The standard InChI is InChI=1S/C11H20O4/c1-3-11(14,10(12)13)8-6-4-5-7-9(8)15-2/h8-9,14H,3-7H2,1-2H3,(H,12,13). The topological polar surface area (TPSA) is 66.8 Å². The first kappa shape index (κ1) is 12.5. The Bertz CT molecular complexity index is 229. The molecule has 0 amide bonds. The first-order valence-electron chi connectivity index (χ1n) is 5.54. The summed E-state index contributed by atoms with van der Waals surface area (Å²) in [5.41, 5.74) is -1.62. The summed E-state index contributed by atoms with van der Waals surface area (Å²) in [6.07, 6.45) is 3.70. The van der Waals surface area contributed by atoms with Crippen molar-refractivity contribution < 1.29 is 19.7 Å². The number of aliphatic hydroxyl groups is 1. The van der Waals surface area contributed by atoms with Gasteiger partial charge in [0, 0.05) is 13.0 Å². The van der Waals surface area contributed by atoms with Crippen molar-refractivity contribution >= 4 is 5.97 Å². The fraction of sp³-hybridized carbons (Fsp3) is 0.909. The molecule has 0 heterocycles. The lowest BCUT2D eigenvalue weighted by molar-refractivity contribution is -0.175. The number of rotatable bonds is 4. The van der Waals surface area contributed by atoms with Crippen LogP contribution in [0.2, 0.25) is 0 Å². The van der Waals surface area contributed by atoms with Crippen LogP contribution in [0.3, 0.4) is 0 Å². The summed E-state index contributed by atoms with van der Waals surface area (Å²) in [5.74, 6) is -1.40. The third-order valence-corrected chi connectivity index (χ3v) is 3.53. The highest BCUT2D eigenvalue weighted by atomic mass is 16.5. The van der Waals surface area contributed by atoms with Crippen molar-refractivity contribution in [1.29, 1.82) is 0 Å². The van der Waals surface area contributed by atoms with Gasteiger partial charge in [0.15, 0.2) is 5.60 Å². The molecule has 1 aliphatic carbocycles. The lowest BCUT2D eigenvalue weighted by Gasteiger charge is -2.39. The van der Waals surface area contributed by atoms with Crippen LogP contribution in [-0.4, -0.2) is 35.0 Å². The second-order valence-corrected chi connectivity index (χ2v) is 4.25. The van der Waals surface area contributed by atoms with Gasteiger partial charge in [-0.05, 0) is 19.3 Å². The van der Waals surface area contributed by atoms with Crippen LogP contribution in [0, 0.1) is 5.92 Å². The molecule has 88 valence electrons. The summed E-state index contributed by atoms with van der Waals surface area (Å²) in [6, 6.07) is 0. The molecule has 2 N–H and O–H groups in total. The van der Waals surface area contributed by atoms with E-state index < -0.39 is 11.6 Å². The van der Waals surface area contributed by atoms with Crippen LogP contribution in [0.5, 0.6) is 0 Å². The molecule has 1 saturated carbocycles. The summed E-state index contributed by atoms with van der Waals surface area (Å²) >= 11 is 0. The highest BCUT2D eigenvalue weighted by molar-refractivity contribution is 5.77. The Morgan fingerprint density at radius 1 is 1.47 bits per heavy atom. The predicted octanol–water partition coefficient (Wildman–Crippen LogP) is 1.42. The van der Waals surface area contributed by atoms with E-state index in [0.29, 0.717) is 0 Å². The number of methoxy groups -OCH3 is 1. The first-order chi connectivity index (χ1) is 7.06. The van der Waals surface area contributed by atoms with Gasteiger partial charge in [-0.3, -0.25) is 0 Å². The Kier molecular flexibility index (Phi) is 4.11. The zero-order valence-corrected chi connectivity index (χ0v) is 9.40. The van der Waals surface area contributed by atoms with Gasteiger partial charge in [0.25, 0.3) is 0 Å². The summed E-state index contributed by atoms with van der Waals surface area (Å²) < 4.78 is 5.28. The highest BCUT2D eigenvalue weighted by Crippen LogP contribution is 2.36. The third kappa shape index (κ3) is 2.32. The predicted molar refractivity (Wildman–Crippen MR) is 55.6 cm³/mol. The molecule has 0 aromatic rings. The molecule has 0 bridgehead atoms. The van der Waals surface area contributed by atoms with E-state index in [2.05, 4.69) is 0 Å². The number of carboxylic acids is 1. The number of hydrogen-bond donors (Lipinski definition) is 2. The lowest BCUT2D eigenvalue weighted by atomic mass is 9.73. The third-order valence-electron chi connectivity index (χ3n) is 3.53. The van der Waals surface area contributed by atoms with Crippen LogP contribution in [0.1, 0.15) is 39.0 Å². The van der Waals surface area contributed by atoms with Gasteiger partial charge in [-0.2, -0.15) is 0 Å². The zero-order chi connectivity index (χ0) is 11.5. The van der Waals surface area contributed by atoms with E-state index >= 15 is 0 Å². The Morgan fingerprint density at radius 2 is 2.07 bits per heavy atom. The number of carboxylic acid groups (broad SMARTS) is 1. The summed E-state index contributed by atoms with van der Waals surface area (Å²) in [4.78, 5) is 11.1. The number of hydrogen-bond acceptors (Lipinski definition) is 3. The lowest BCUT2D eigenvalue weighted by Crippen LogP contribution is -2.51. The molecule has 1 aliphatic rings. The highest BCUT2D eigenvalue weighted by Gasteiger charge is 2.47. The maximum atomic E-state index is 11.1.